The monoisotopic (exact) mass is 253 g/mol. The molecular formula is C13H19NO2S. The predicted molar refractivity (Wildman–Crippen MR) is 69.6 cm³/mol. The summed E-state index contributed by atoms with van der Waals surface area (Å²) in [6, 6.07) is 10.6. The van der Waals surface area contributed by atoms with Crippen molar-refractivity contribution in [2.45, 2.75) is 18.9 Å². The molecule has 1 aliphatic rings. The highest BCUT2D eigenvalue weighted by Crippen LogP contribution is 2.40. The number of nitrogens with one attached hydrogen (secondary N) is 1. The van der Waals surface area contributed by atoms with Gasteiger partial charge < -0.3 is 5.32 Å². The Labute approximate surface area is 103 Å². The van der Waals surface area contributed by atoms with Crippen LogP contribution in [0.1, 0.15) is 24.4 Å². The summed E-state index contributed by atoms with van der Waals surface area (Å²) in [7, 11) is -2.87. The molecule has 1 unspecified atom stereocenters. The minimum atomic E-state index is -2.87. The van der Waals surface area contributed by atoms with Gasteiger partial charge in [-0.15, -0.1) is 0 Å². The normalized spacial score (nSPS) is 17.9. The van der Waals surface area contributed by atoms with Crippen molar-refractivity contribution in [2.24, 2.45) is 5.92 Å². The molecule has 0 radical (unpaired) electrons. The van der Waals surface area contributed by atoms with E-state index in [2.05, 4.69) is 17.4 Å². The van der Waals surface area contributed by atoms with E-state index in [0.717, 1.165) is 0 Å². The average molecular weight is 253 g/mol. The molecule has 0 spiro atoms. The molecular weight excluding hydrogens is 234 g/mol. The molecule has 1 saturated carbocycles. The molecule has 1 fully saturated rings. The molecule has 2 rings (SSSR count). The molecule has 0 heterocycles. The molecule has 0 amide bonds. The van der Waals surface area contributed by atoms with Crippen molar-refractivity contribution in [1.29, 1.82) is 0 Å². The summed E-state index contributed by atoms with van der Waals surface area (Å²) in [5.41, 5.74) is 1.27. The third kappa shape index (κ3) is 4.13. The van der Waals surface area contributed by atoms with Crippen LogP contribution in [0.3, 0.4) is 0 Å². The molecule has 0 bridgehead atoms. The van der Waals surface area contributed by atoms with Crippen molar-refractivity contribution < 1.29 is 8.42 Å². The summed E-state index contributed by atoms with van der Waals surface area (Å²) >= 11 is 0. The molecule has 94 valence electrons. The first-order chi connectivity index (χ1) is 8.06. The van der Waals surface area contributed by atoms with Crippen LogP contribution in [0.25, 0.3) is 0 Å². The lowest BCUT2D eigenvalue weighted by Crippen LogP contribution is -2.28. The summed E-state index contributed by atoms with van der Waals surface area (Å²) in [6.07, 6.45) is 3.76. The van der Waals surface area contributed by atoms with Gasteiger partial charge in [-0.3, -0.25) is 0 Å². The highest BCUT2D eigenvalue weighted by Gasteiger charge is 2.31. The van der Waals surface area contributed by atoms with Crippen molar-refractivity contribution >= 4 is 9.84 Å². The van der Waals surface area contributed by atoms with E-state index in [9.17, 15) is 8.42 Å². The lowest BCUT2D eigenvalue weighted by molar-refractivity contribution is 0.494. The van der Waals surface area contributed by atoms with E-state index in [1.807, 2.05) is 18.2 Å². The number of hydrogen-bond donors (Lipinski definition) is 1. The summed E-state index contributed by atoms with van der Waals surface area (Å²) in [4.78, 5) is 0. The Kier molecular flexibility index (Phi) is 3.84. The van der Waals surface area contributed by atoms with Crippen molar-refractivity contribution in [3.8, 4) is 0 Å². The van der Waals surface area contributed by atoms with Crippen LogP contribution in [0.4, 0.5) is 0 Å². The van der Waals surface area contributed by atoms with Crippen LogP contribution in [0, 0.1) is 5.92 Å². The lowest BCUT2D eigenvalue weighted by atomic mass is 10.0. The van der Waals surface area contributed by atoms with Crippen LogP contribution in [0.5, 0.6) is 0 Å². The minimum absolute atomic E-state index is 0.211. The van der Waals surface area contributed by atoms with Gasteiger partial charge in [0.2, 0.25) is 0 Å². The highest BCUT2D eigenvalue weighted by molar-refractivity contribution is 7.90. The molecule has 1 atom stereocenters. The number of sulfone groups is 1. The van der Waals surface area contributed by atoms with Crippen molar-refractivity contribution in [2.75, 3.05) is 18.6 Å². The van der Waals surface area contributed by atoms with Gasteiger partial charge in [-0.05, 0) is 24.3 Å². The molecule has 1 aromatic carbocycles. The second-order valence-electron chi connectivity index (χ2n) is 4.81. The van der Waals surface area contributed by atoms with Gasteiger partial charge in [0.25, 0.3) is 0 Å². The molecule has 4 heteroatoms. The third-order valence-corrected chi connectivity index (χ3v) is 4.03. The molecule has 1 aliphatic carbocycles. The Bertz CT molecular complexity index is 452. The van der Waals surface area contributed by atoms with Crippen molar-refractivity contribution in [1.82, 2.24) is 5.32 Å². The van der Waals surface area contributed by atoms with E-state index in [4.69, 9.17) is 0 Å². The second-order valence-corrected chi connectivity index (χ2v) is 7.07. The van der Waals surface area contributed by atoms with Gasteiger partial charge in [-0.1, -0.05) is 30.3 Å². The molecule has 1 aromatic rings. The third-order valence-electron chi connectivity index (χ3n) is 3.09. The fraction of sp³-hybridized carbons (Fsp3) is 0.538. The van der Waals surface area contributed by atoms with Crippen molar-refractivity contribution in [3.63, 3.8) is 0 Å². The van der Waals surface area contributed by atoms with Crippen LogP contribution in [-0.4, -0.2) is 27.0 Å². The fourth-order valence-corrected chi connectivity index (χ4v) is 2.54. The van der Waals surface area contributed by atoms with E-state index < -0.39 is 9.84 Å². The topological polar surface area (TPSA) is 46.2 Å². The van der Waals surface area contributed by atoms with Crippen LogP contribution in [0.15, 0.2) is 30.3 Å². The Morgan fingerprint density at radius 2 is 1.94 bits per heavy atom. The minimum Gasteiger partial charge on any atom is -0.309 e. The molecule has 0 saturated heterocycles. The molecule has 1 N–H and O–H groups in total. The Balaban J connectivity index is 1.95. The van der Waals surface area contributed by atoms with Crippen LogP contribution >= 0.6 is 0 Å². The van der Waals surface area contributed by atoms with E-state index in [1.54, 1.807) is 0 Å². The standard InChI is InChI=1S/C13H19NO2S/c1-17(15,16)10-9-14-13(12-7-8-12)11-5-3-2-4-6-11/h2-6,12-14H,7-10H2,1H3. The quantitative estimate of drug-likeness (QED) is 0.840. The van der Waals surface area contributed by atoms with Gasteiger partial charge in [-0.25, -0.2) is 8.42 Å². The zero-order valence-corrected chi connectivity index (χ0v) is 10.9. The Morgan fingerprint density at radius 1 is 1.29 bits per heavy atom. The highest BCUT2D eigenvalue weighted by atomic mass is 32.2. The first-order valence-corrected chi connectivity index (χ1v) is 8.08. The maximum absolute atomic E-state index is 11.1. The zero-order chi connectivity index (χ0) is 12.3. The summed E-state index contributed by atoms with van der Waals surface area (Å²) in [5, 5.41) is 3.38. The van der Waals surface area contributed by atoms with E-state index in [1.165, 1.54) is 24.7 Å². The molecule has 17 heavy (non-hydrogen) atoms. The summed E-state index contributed by atoms with van der Waals surface area (Å²) in [6.45, 7) is 0.537. The van der Waals surface area contributed by atoms with Crippen molar-refractivity contribution in [3.05, 3.63) is 35.9 Å². The van der Waals surface area contributed by atoms with Gasteiger partial charge in [0.05, 0.1) is 5.75 Å². The van der Waals surface area contributed by atoms with Gasteiger partial charge in [0, 0.05) is 18.8 Å². The smallest absolute Gasteiger partial charge is 0.148 e. The van der Waals surface area contributed by atoms with E-state index >= 15 is 0 Å². The number of benzene rings is 1. The SMILES string of the molecule is CS(=O)(=O)CCNC(c1ccccc1)C1CC1. The maximum atomic E-state index is 11.1. The summed E-state index contributed by atoms with van der Waals surface area (Å²) < 4.78 is 22.2. The van der Waals surface area contributed by atoms with Crippen LogP contribution in [0.2, 0.25) is 0 Å². The number of rotatable bonds is 6. The van der Waals surface area contributed by atoms with Gasteiger partial charge in [0.15, 0.2) is 0 Å². The molecule has 0 aliphatic heterocycles. The predicted octanol–water partition coefficient (Wildman–Crippen LogP) is 1.77. The largest absolute Gasteiger partial charge is 0.309 e. The van der Waals surface area contributed by atoms with E-state index in [0.29, 0.717) is 18.5 Å². The van der Waals surface area contributed by atoms with Gasteiger partial charge >= 0.3 is 0 Å². The average Bonchev–Trinajstić information content (AvgIpc) is 3.08. The molecule has 0 aromatic heterocycles. The lowest BCUT2D eigenvalue weighted by Gasteiger charge is -2.18. The molecule has 3 nitrogen and oxygen atoms in total. The second kappa shape index (κ2) is 5.19. The first-order valence-electron chi connectivity index (χ1n) is 6.02. The number of hydrogen-bond acceptors (Lipinski definition) is 3. The van der Waals surface area contributed by atoms with Gasteiger partial charge in [0.1, 0.15) is 9.84 Å². The Hall–Kier alpha value is -0.870. The maximum Gasteiger partial charge on any atom is 0.148 e. The van der Waals surface area contributed by atoms with Gasteiger partial charge in [-0.2, -0.15) is 0 Å². The summed E-state index contributed by atoms with van der Waals surface area (Å²) in [5.74, 6) is 0.889. The van der Waals surface area contributed by atoms with Crippen LogP contribution in [-0.2, 0) is 9.84 Å². The Morgan fingerprint density at radius 3 is 2.47 bits per heavy atom. The fourth-order valence-electron chi connectivity index (χ4n) is 2.05. The zero-order valence-electron chi connectivity index (χ0n) is 10.1. The van der Waals surface area contributed by atoms with Crippen LogP contribution < -0.4 is 5.32 Å². The van der Waals surface area contributed by atoms with E-state index in [-0.39, 0.29) is 5.75 Å². The first kappa shape index (κ1) is 12.6.